The zero-order chi connectivity index (χ0) is 28.3. The van der Waals surface area contributed by atoms with Crippen LogP contribution in [0.25, 0.3) is 6.08 Å². The summed E-state index contributed by atoms with van der Waals surface area (Å²) in [5, 5.41) is 0. The zero-order valence-electron chi connectivity index (χ0n) is 21.7. The van der Waals surface area contributed by atoms with Crippen molar-refractivity contribution in [2.75, 3.05) is 27.4 Å². The van der Waals surface area contributed by atoms with Crippen molar-refractivity contribution in [1.29, 1.82) is 0 Å². The van der Waals surface area contributed by atoms with Gasteiger partial charge in [0.2, 0.25) is 0 Å². The van der Waals surface area contributed by atoms with Crippen LogP contribution in [0, 0.1) is 0 Å². The number of methoxy groups -OCH3 is 2. The fourth-order valence-electron chi connectivity index (χ4n) is 4.23. The molecular weight excluding hydrogens is 652 g/mol. The minimum atomic E-state index is -0.833. The first-order chi connectivity index (χ1) is 18.7. The van der Waals surface area contributed by atoms with Gasteiger partial charge < -0.3 is 18.9 Å². The van der Waals surface area contributed by atoms with E-state index in [2.05, 4.69) is 43.4 Å². The summed E-state index contributed by atoms with van der Waals surface area (Å²) in [6, 6.07) is 8.14. The van der Waals surface area contributed by atoms with Gasteiger partial charge in [0.05, 0.1) is 45.6 Å². The number of fused-ring (bicyclic) bond motifs is 1. The first-order valence-corrected chi connectivity index (χ1v) is 14.3. The molecule has 1 aliphatic heterocycles. The SMILES string of the molecule is C=CCOc1c(Br)cc(/C=c2\sc3n(c2=O)[C@H](c2cc(OC)ccc2OC)C(C(=O)OCC)=C(C)N=3)cc1Br. The van der Waals surface area contributed by atoms with Crippen LogP contribution in [0.15, 0.2) is 73.0 Å². The molecule has 11 heteroatoms. The van der Waals surface area contributed by atoms with E-state index in [-0.39, 0.29) is 17.7 Å². The summed E-state index contributed by atoms with van der Waals surface area (Å²) in [7, 11) is 3.09. The average molecular weight is 678 g/mol. The van der Waals surface area contributed by atoms with Gasteiger partial charge in [0, 0.05) is 5.56 Å². The van der Waals surface area contributed by atoms with E-state index in [0.29, 0.717) is 44.4 Å². The van der Waals surface area contributed by atoms with Crippen molar-refractivity contribution >= 4 is 55.2 Å². The van der Waals surface area contributed by atoms with E-state index < -0.39 is 12.0 Å². The van der Waals surface area contributed by atoms with E-state index in [9.17, 15) is 9.59 Å². The van der Waals surface area contributed by atoms with Crippen LogP contribution >= 0.6 is 43.2 Å². The van der Waals surface area contributed by atoms with Crippen LogP contribution < -0.4 is 29.1 Å². The highest BCUT2D eigenvalue weighted by Gasteiger charge is 2.35. The highest BCUT2D eigenvalue weighted by atomic mass is 79.9. The highest BCUT2D eigenvalue weighted by molar-refractivity contribution is 9.11. The maximum Gasteiger partial charge on any atom is 0.338 e. The number of nitrogens with zero attached hydrogens (tertiary/aromatic N) is 2. The number of allylic oxidation sites excluding steroid dienone is 1. The third kappa shape index (κ3) is 5.75. The van der Waals surface area contributed by atoms with Crippen molar-refractivity contribution in [2.24, 2.45) is 4.99 Å². The third-order valence-electron chi connectivity index (χ3n) is 5.91. The Morgan fingerprint density at radius 1 is 1.18 bits per heavy atom. The lowest BCUT2D eigenvalue weighted by atomic mass is 9.94. The Balaban J connectivity index is 1.95. The van der Waals surface area contributed by atoms with Crippen molar-refractivity contribution in [3.8, 4) is 17.2 Å². The molecule has 4 rings (SSSR count). The van der Waals surface area contributed by atoms with Gasteiger partial charge in [-0.3, -0.25) is 9.36 Å². The number of thiazole rings is 1. The van der Waals surface area contributed by atoms with Crippen LogP contribution in [0.4, 0.5) is 0 Å². The number of halogens is 2. The predicted octanol–water partition coefficient (Wildman–Crippen LogP) is 4.91. The molecule has 1 aliphatic rings. The molecule has 1 atom stereocenters. The lowest BCUT2D eigenvalue weighted by Gasteiger charge is -2.26. The smallest absolute Gasteiger partial charge is 0.338 e. The molecule has 0 unspecified atom stereocenters. The molecule has 2 aromatic carbocycles. The first kappa shape index (κ1) is 28.8. The highest BCUT2D eigenvalue weighted by Crippen LogP contribution is 2.38. The van der Waals surface area contributed by atoms with E-state index >= 15 is 0 Å². The summed E-state index contributed by atoms with van der Waals surface area (Å²) in [4.78, 5) is 32.2. The van der Waals surface area contributed by atoms with Crippen LogP contribution in [0.1, 0.15) is 31.0 Å². The number of ether oxygens (including phenoxy) is 4. The maximum atomic E-state index is 13.9. The number of rotatable bonds is 9. The predicted molar refractivity (Wildman–Crippen MR) is 157 cm³/mol. The molecule has 3 aromatic rings. The molecule has 204 valence electrons. The topological polar surface area (TPSA) is 88.3 Å². The molecule has 0 bridgehead atoms. The Labute approximate surface area is 246 Å². The van der Waals surface area contributed by atoms with E-state index in [1.54, 1.807) is 51.3 Å². The van der Waals surface area contributed by atoms with E-state index in [0.717, 1.165) is 14.5 Å². The number of aromatic nitrogens is 1. The van der Waals surface area contributed by atoms with Crippen LogP contribution in [0.3, 0.4) is 0 Å². The fourth-order valence-corrected chi connectivity index (χ4v) is 6.73. The molecule has 0 N–H and O–H groups in total. The number of carbonyl (C=O) groups is 1. The molecule has 8 nitrogen and oxygen atoms in total. The number of benzene rings is 2. The van der Waals surface area contributed by atoms with E-state index in [4.69, 9.17) is 18.9 Å². The number of esters is 1. The lowest BCUT2D eigenvalue weighted by Crippen LogP contribution is -2.40. The summed E-state index contributed by atoms with van der Waals surface area (Å²) < 4.78 is 25.6. The van der Waals surface area contributed by atoms with Crippen LogP contribution in [0.2, 0.25) is 0 Å². The Kier molecular flexibility index (Phi) is 9.14. The quantitative estimate of drug-likeness (QED) is 0.237. The minimum Gasteiger partial charge on any atom is -0.497 e. The molecule has 2 heterocycles. The summed E-state index contributed by atoms with van der Waals surface area (Å²) in [6.45, 7) is 7.67. The van der Waals surface area contributed by atoms with Crippen molar-refractivity contribution in [3.63, 3.8) is 0 Å². The second-order valence-electron chi connectivity index (χ2n) is 8.32. The zero-order valence-corrected chi connectivity index (χ0v) is 25.7. The molecule has 0 aliphatic carbocycles. The fraction of sp³-hybridized carbons (Fsp3) is 0.250. The van der Waals surface area contributed by atoms with E-state index in [1.165, 1.54) is 23.0 Å². The first-order valence-electron chi connectivity index (χ1n) is 11.9. The van der Waals surface area contributed by atoms with Crippen molar-refractivity contribution in [1.82, 2.24) is 4.57 Å². The Morgan fingerprint density at radius 2 is 1.90 bits per heavy atom. The Hall–Kier alpha value is -3.15. The van der Waals surface area contributed by atoms with Gasteiger partial charge in [-0.15, -0.1) is 0 Å². The normalized spacial score (nSPS) is 14.9. The van der Waals surface area contributed by atoms with Gasteiger partial charge in [-0.05, 0) is 87.7 Å². The average Bonchev–Trinajstić information content (AvgIpc) is 3.21. The largest absolute Gasteiger partial charge is 0.497 e. The maximum absolute atomic E-state index is 13.9. The van der Waals surface area contributed by atoms with E-state index in [1.807, 2.05) is 12.1 Å². The molecule has 0 spiro atoms. The van der Waals surface area contributed by atoms with Crippen LogP contribution in [-0.2, 0) is 9.53 Å². The molecular formula is C28H26Br2N2O6S. The molecule has 0 saturated heterocycles. The molecule has 0 saturated carbocycles. The standard InChI is InChI=1S/C28H26Br2N2O6S/c1-6-10-38-25-19(29)11-16(12-20(25)30)13-22-26(33)32-24(18-14-17(35-4)8-9-21(18)36-5)23(27(34)37-7-2)15(3)31-28(32)39-22/h6,8-9,11-14,24H,1,7,10H2,2-5H3/b22-13-/t24-/m1/s1. The number of hydrogen-bond donors (Lipinski definition) is 0. The summed E-state index contributed by atoms with van der Waals surface area (Å²) in [5.74, 6) is 1.13. The molecule has 0 radical (unpaired) electrons. The minimum absolute atomic E-state index is 0.179. The van der Waals surface area contributed by atoms with Gasteiger partial charge in [-0.25, -0.2) is 9.79 Å². The van der Waals surface area contributed by atoms with Crippen LogP contribution in [-0.4, -0.2) is 38.0 Å². The monoisotopic (exact) mass is 676 g/mol. The second-order valence-corrected chi connectivity index (χ2v) is 11.0. The molecule has 0 amide bonds. The summed E-state index contributed by atoms with van der Waals surface area (Å²) >= 11 is 8.32. The van der Waals surface area contributed by atoms with Crippen molar-refractivity contribution in [2.45, 2.75) is 19.9 Å². The molecule has 1 aromatic heterocycles. The molecule has 39 heavy (non-hydrogen) atoms. The summed E-state index contributed by atoms with van der Waals surface area (Å²) in [6.07, 6.45) is 3.44. The summed E-state index contributed by atoms with van der Waals surface area (Å²) in [5.41, 5.74) is 1.77. The third-order valence-corrected chi connectivity index (χ3v) is 8.07. The lowest BCUT2D eigenvalue weighted by molar-refractivity contribution is -0.139. The van der Waals surface area contributed by atoms with Crippen molar-refractivity contribution < 1.29 is 23.7 Å². The second kappa shape index (κ2) is 12.4. The van der Waals surface area contributed by atoms with Gasteiger partial charge in [0.1, 0.15) is 29.9 Å². The number of hydrogen-bond acceptors (Lipinski definition) is 8. The van der Waals surface area contributed by atoms with Gasteiger partial charge in [-0.1, -0.05) is 24.0 Å². The number of carbonyl (C=O) groups excluding carboxylic acids is 1. The Bertz CT molecular complexity index is 1630. The van der Waals surface area contributed by atoms with Gasteiger partial charge in [0.25, 0.3) is 5.56 Å². The van der Waals surface area contributed by atoms with Gasteiger partial charge in [0.15, 0.2) is 4.80 Å². The van der Waals surface area contributed by atoms with Gasteiger partial charge in [-0.2, -0.15) is 0 Å². The van der Waals surface area contributed by atoms with Crippen LogP contribution in [0.5, 0.6) is 17.2 Å². The molecule has 0 fully saturated rings. The Morgan fingerprint density at radius 3 is 2.51 bits per heavy atom. The van der Waals surface area contributed by atoms with Crippen molar-refractivity contribution in [3.05, 3.63) is 94.0 Å². The van der Waals surface area contributed by atoms with Gasteiger partial charge >= 0.3 is 5.97 Å².